The van der Waals surface area contributed by atoms with Crippen molar-refractivity contribution in [2.75, 3.05) is 7.05 Å². The molecule has 0 aliphatic rings. The molecule has 0 saturated heterocycles. The average molecular weight is 258 g/mol. The van der Waals surface area contributed by atoms with Crippen LogP contribution in [0.15, 0.2) is 0 Å². The SMILES string of the molecule is CCC(C)C(NC(=O)N(C)C(CC)CC)C(=O)O. The zero-order valence-electron chi connectivity index (χ0n) is 12.1. The largest absolute Gasteiger partial charge is 0.480 e. The third kappa shape index (κ3) is 4.55. The molecular weight excluding hydrogens is 232 g/mol. The molecule has 5 nitrogen and oxygen atoms in total. The van der Waals surface area contributed by atoms with E-state index in [2.05, 4.69) is 5.32 Å². The van der Waals surface area contributed by atoms with Crippen molar-refractivity contribution in [2.24, 2.45) is 5.92 Å². The Labute approximate surface area is 110 Å². The molecule has 0 aromatic carbocycles. The Morgan fingerprint density at radius 1 is 1.17 bits per heavy atom. The number of amides is 2. The fourth-order valence-corrected chi connectivity index (χ4v) is 1.92. The number of nitrogens with zero attached hydrogens (tertiary/aromatic N) is 1. The van der Waals surface area contributed by atoms with E-state index in [1.54, 1.807) is 11.9 Å². The molecule has 0 fully saturated rings. The Balaban J connectivity index is 4.64. The predicted molar refractivity (Wildman–Crippen MR) is 71.5 cm³/mol. The van der Waals surface area contributed by atoms with Crippen LogP contribution in [0.1, 0.15) is 47.0 Å². The lowest BCUT2D eigenvalue weighted by Crippen LogP contribution is -2.51. The summed E-state index contributed by atoms with van der Waals surface area (Å²) in [6.45, 7) is 7.77. The van der Waals surface area contributed by atoms with E-state index < -0.39 is 12.0 Å². The molecule has 0 heterocycles. The standard InChI is InChI=1S/C13H26N2O3/c1-6-9(4)11(12(16)17)14-13(18)15(5)10(7-2)8-3/h9-11H,6-8H2,1-5H3,(H,14,18)(H,16,17). The second-order valence-electron chi connectivity index (χ2n) is 4.73. The normalized spacial score (nSPS) is 14.1. The topological polar surface area (TPSA) is 69.6 Å². The van der Waals surface area contributed by atoms with Gasteiger partial charge in [0.1, 0.15) is 6.04 Å². The molecule has 0 aliphatic heterocycles. The number of rotatable bonds is 7. The predicted octanol–water partition coefficient (Wildman–Crippen LogP) is 2.32. The van der Waals surface area contributed by atoms with E-state index in [4.69, 9.17) is 5.11 Å². The molecule has 106 valence electrons. The number of nitrogens with one attached hydrogen (secondary N) is 1. The van der Waals surface area contributed by atoms with Crippen LogP contribution in [0, 0.1) is 5.92 Å². The van der Waals surface area contributed by atoms with Gasteiger partial charge in [0.05, 0.1) is 0 Å². The van der Waals surface area contributed by atoms with Crippen LogP contribution in [-0.4, -0.2) is 41.1 Å². The third-order valence-corrected chi connectivity index (χ3v) is 3.57. The number of carboxylic acids is 1. The zero-order chi connectivity index (χ0) is 14.3. The van der Waals surface area contributed by atoms with Crippen molar-refractivity contribution in [3.05, 3.63) is 0 Å². The minimum absolute atomic E-state index is 0.0819. The molecule has 0 rings (SSSR count). The van der Waals surface area contributed by atoms with Crippen molar-refractivity contribution in [2.45, 2.75) is 59.0 Å². The lowest BCUT2D eigenvalue weighted by molar-refractivity contribution is -0.140. The molecule has 5 heteroatoms. The van der Waals surface area contributed by atoms with Crippen molar-refractivity contribution in [3.8, 4) is 0 Å². The summed E-state index contributed by atoms with van der Waals surface area (Å²) in [4.78, 5) is 24.7. The van der Waals surface area contributed by atoms with Gasteiger partial charge in [0.15, 0.2) is 0 Å². The van der Waals surface area contributed by atoms with Gasteiger partial charge in [-0.3, -0.25) is 0 Å². The highest BCUT2D eigenvalue weighted by Gasteiger charge is 2.27. The van der Waals surface area contributed by atoms with E-state index in [0.717, 1.165) is 12.8 Å². The average Bonchev–Trinajstić information content (AvgIpc) is 2.35. The smallest absolute Gasteiger partial charge is 0.326 e. The van der Waals surface area contributed by atoms with Gasteiger partial charge in [-0.05, 0) is 18.8 Å². The van der Waals surface area contributed by atoms with E-state index in [-0.39, 0.29) is 18.0 Å². The quantitative estimate of drug-likeness (QED) is 0.736. The summed E-state index contributed by atoms with van der Waals surface area (Å²) in [5.41, 5.74) is 0. The maximum absolute atomic E-state index is 12.0. The second-order valence-corrected chi connectivity index (χ2v) is 4.73. The number of carboxylic acid groups (broad SMARTS) is 1. The first-order valence-corrected chi connectivity index (χ1v) is 6.64. The van der Waals surface area contributed by atoms with E-state index in [1.165, 1.54) is 0 Å². The first-order chi connectivity index (χ1) is 8.38. The fourth-order valence-electron chi connectivity index (χ4n) is 1.92. The molecule has 0 saturated carbocycles. The van der Waals surface area contributed by atoms with E-state index >= 15 is 0 Å². The highest BCUT2D eigenvalue weighted by atomic mass is 16.4. The van der Waals surface area contributed by atoms with E-state index in [9.17, 15) is 9.59 Å². The van der Waals surface area contributed by atoms with Crippen LogP contribution >= 0.6 is 0 Å². The number of carbonyl (C=O) groups excluding carboxylic acids is 1. The van der Waals surface area contributed by atoms with Gasteiger partial charge in [0.25, 0.3) is 0 Å². The number of aliphatic carboxylic acids is 1. The Hall–Kier alpha value is -1.26. The minimum Gasteiger partial charge on any atom is -0.480 e. The molecule has 18 heavy (non-hydrogen) atoms. The molecule has 2 N–H and O–H groups in total. The van der Waals surface area contributed by atoms with Crippen LogP contribution in [0.3, 0.4) is 0 Å². The van der Waals surface area contributed by atoms with Gasteiger partial charge in [-0.25, -0.2) is 9.59 Å². The van der Waals surface area contributed by atoms with Gasteiger partial charge < -0.3 is 15.3 Å². The zero-order valence-corrected chi connectivity index (χ0v) is 12.1. The molecule has 0 radical (unpaired) electrons. The molecule has 0 spiro atoms. The molecule has 2 atom stereocenters. The summed E-state index contributed by atoms with van der Waals surface area (Å²) < 4.78 is 0. The number of carbonyl (C=O) groups is 2. The summed E-state index contributed by atoms with van der Waals surface area (Å²) in [6, 6.07) is -0.980. The van der Waals surface area contributed by atoms with Crippen molar-refractivity contribution in [1.29, 1.82) is 0 Å². The summed E-state index contributed by atoms with van der Waals surface area (Å²) >= 11 is 0. The lowest BCUT2D eigenvalue weighted by atomic mass is 9.99. The van der Waals surface area contributed by atoms with Crippen molar-refractivity contribution in [3.63, 3.8) is 0 Å². The lowest BCUT2D eigenvalue weighted by Gasteiger charge is -2.29. The molecule has 2 amide bonds. The second kappa shape index (κ2) is 7.95. The Kier molecular flexibility index (Phi) is 7.39. The van der Waals surface area contributed by atoms with Crippen molar-refractivity contribution >= 4 is 12.0 Å². The summed E-state index contributed by atoms with van der Waals surface area (Å²) in [5.74, 6) is -1.06. The summed E-state index contributed by atoms with van der Waals surface area (Å²) in [7, 11) is 1.71. The molecular formula is C13H26N2O3. The number of hydrogen-bond acceptors (Lipinski definition) is 2. The summed E-state index contributed by atoms with van der Waals surface area (Å²) in [5, 5.41) is 11.7. The monoisotopic (exact) mass is 258 g/mol. The Morgan fingerprint density at radius 3 is 2.00 bits per heavy atom. The van der Waals surface area contributed by atoms with Gasteiger partial charge in [0, 0.05) is 13.1 Å². The van der Waals surface area contributed by atoms with Crippen LogP contribution in [0.25, 0.3) is 0 Å². The number of urea groups is 1. The van der Waals surface area contributed by atoms with Crippen molar-refractivity contribution in [1.82, 2.24) is 10.2 Å². The van der Waals surface area contributed by atoms with Gasteiger partial charge in [0.2, 0.25) is 0 Å². The van der Waals surface area contributed by atoms with Crippen LogP contribution in [0.4, 0.5) is 4.79 Å². The Bertz CT molecular complexity index is 277. The molecule has 0 aromatic heterocycles. The fraction of sp³-hybridized carbons (Fsp3) is 0.846. The first-order valence-electron chi connectivity index (χ1n) is 6.64. The van der Waals surface area contributed by atoms with Gasteiger partial charge in [-0.15, -0.1) is 0 Å². The van der Waals surface area contributed by atoms with E-state index in [0.29, 0.717) is 6.42 Å². The maximum Gasteiger partial charge on any atom is 0.326 e. The van der Waals surface area contributed by atoms with Crippen molar-refractivity contribution < 1.29 is 14.7 Å². The minimum atomic E-state index is -0.976. The Morgan fingerprint density at radius 2 is 1.67 bits per heavy atom. The molecule has 0 aliphatic carbocycles. The van der Waals surface area contributed by atoms with Gasteiger partial charge in [-0.1, -0.05) is 34.1 Å². The van der Waals surface area contributed by atoms with Crippen LogP contribution in [0.2, 0.25) is 0 Å². The first kappa shape index (κ1) is 16.7. The summed E-state index contributed by atoms with van der Waals surface area (Å²) in [6.07, 6.45) is 2.44. The number of hydrogen-bond donors (Lipinski definition) is 2. The van der Waals surface area contributed by atoms with Crippen LogP contribution in [0.5, 0.6) is 0 Å². The molecule has 0 aromatic rings. The van der Waals surface area contributed by atoms with Gasteiger partial charge >= 0.3 is 12.0 Å². The molecule has 2 unspecified atom stereocenters. The van der Waals surface area contributed by atoms with Gasteiger partial charge in [-0.2, -0.15) is 0 Å². The highest BCUT2D eigenvalue weighted by Crippen LogP contribution is 2.10. The highest BCUT2D eigenvalue weighted by molar-refractivity contribution is 5.82. The maximum atomic E-state index is 12.0. The van der Waals surface area contributed by atoms with E-state index in [1.807, 2.05) is 27.7 Å². The van der Waals surface area contributed by atoms with Crippen LogP contribution < -0.4 is 5.32 Å². The third-order valence-electron chi connectivity index (χ3n) is 3.57. The molecule has 0 bridgehead atoms. The van der Waals surface area contributed by atoms with Crippen LogP contribution in [-0.2, 0) is 4.79 Å².